The van der Waals surface area contributed by atoms with Gasteiger partial charge < -0.3 is 45.4 Å². The number of benzene rings is 1. The molecule has 1 aliphatic heterocycles. The van der Waals surface area contributed by atoms with Crippen LogP contribution in [0.25, 0.3) is 0 Å². The highest BCUT2D eigenvalue weighted by atomic mass is 16.7. The minimum atomic E-state index is -1.57. The Balaban J connectivity index is 2.12. The fourth-order valence-corrected chi connectivity index (χ4v) is 2.44. The number of aromatic hydroxyl groups is 1. The van der Waals surface area contributed by atoms with Gasteiger partial charge in [0.1, 0.15) is 24.4 Å². The number of phenolic OH excluding ortho intramolecular Hbond substituents is 1. The van der Waals surface area contributed by atoms with Gasteiger partial charge in [-0.1, -0.05) is 6.07 Å². The molecule has 7 N–H and O–H groups in total. The number of hydrogen-bond acceptors (Lipinski definition) is 9. The van der Waals surface area contributed by atoms with E-state index in [4.69, 9.17) is 14.6 Å². The summed E-state index contributed by atoms with van der Waals surface area (Å²) in [5.74, 6) is -0.334. The van der Waals surface area contributed by atoms with Crippen LogP contribution in [0.1, 0.15) is 11.7 Å². The Labute approximate surface area is 138 Å². The molecule has 1 aromatic carbocycles. The maximum atomic E-state index is 10.0. The second kappa shape index (κ2) is 8.08. The largest absolute Gasteiger partial charge is 0.504 e. The molecule has 0 radical (unpaired) electrons. The van der Waals surface area contributed by atoms with E-state index in [-0.39, 0.29) is 11.5 Å². The summed E-state index contributed by atoms with van der Waals surface area (Å²) in [6.07, 6.45) is -7.94. The molecule has 1 saturated heterocycles. The first-order valence-corrected chi connectivity index (χ1v) is 7.51. The van der Waals surface area contributed by atoms with Crippen molar-refractivity contribution in [2.45, 2.75) is 36.8 Å². The Kier molecular flexibility index (Phi) is 6.35. The first-order chi connectivity index (χ1) is 11.4. The fraction of sp³-hybridized carbons (Fsp3) is 0.600. The van der Waals surface area contributed by atoms with Gasteiger partial charge in [0.2, 0.25) is 6.29 Å². The predicted octanol–water partition coefficient (Wildman–Crippen LogP) is -2.18. The van der Waals surface area contributed by atoms with E-state index in [1.807, 2.05) is 0 Å². The molecule has 1 fully saturated rings. The molecular weight excluding hydrogens is 322 g/mol. The second-order valence-corrected chi connectivity index (χ2v) is 5.62. The Bertz CT molecular complexity index is 540. The number of aliphatic hydroxyl groups is 5. The molecule has 1 aromatic rings. The summed E-state index contributed by atoms with van der Waals surface area (Å²) in [7, 11) is 1.68. The third kappa shape index (κ3) is 3.95. The van der Waals surface area contributed by atoms with E-state index in [2.05, 4.69) is 5.32 Å². The van der Waals surface area contributed by atoms with Crippen molar-refractivity contribution in [2.24, 2.45) is 0 Å². The lowest BCUT2D eigenvalue weighted by atomic mass is 9.99. The zero-order valence-corrected chi connectivity index (χ0v) is 13.1. The van der Waals surface area contributed by atoms with Crippen LogP contribution in [0.15, 0.2) is 18.2 Å². The average Bonchev–Trinajstić information content (AvgIpc) is 2.57. The van der Waals surface area contributed by atoms with Crippen molar-refractivity contribution in [1.29, 1.82) is 0 Å². The van der Waals surface area contributed by atoms with Gasteiger partial charge in [0, 0.05) is 6.54 Å². The zero-order valence-electron chi connectivity index (χ0n) is 13.1. The van der Waals surface area contributed by atoms with E-state index < -0.39 is 43.4 Å². The molecule has 0 unspecified atom stereocenters. The molecule has 0 saturated carbocycles. The summed E-state index contributed by atoms with van der Waals surface area (Å²) >= 11 is 0. The molecule has 1 aliphatic rings. The number of rotatable bonds is 6. The summed E-state index contributed by atoms with van der Waals surface area (Å²) in [5, 5.41) is 61.2. The Morgan fingerprint density at radius 2 is 1.92 bits per heavy atom. The van der Waals surface area contributed by atoms with E-state index in [0.29, 0.717) is 12.1 Å². The van der Waals surface area contributed by atoms with E-state index in [0.717, 1.165) is 0 Å². The molecule has 9 heteroatoms. The lowest BCUT2D eigenvalue weighted by Gasteiger charge is -2.39. The SMILES string of the molecule is CNC[C@H](O)c1ccc(O[C@H]2O[C@H](CO)[C@@H](O)[C@H](O)[C@H]2O)c(O)c1. The smallest absolute Gasteiger partial charge is 0.229 e. The highest BCUT2D eigenvalue weighted by molar-refractivity contribution is 5.42. The van der Waals surface area contributed by atoms with Gasteiger partial charge in [-0.05, 0) is 24.7 Å². The van der Waals surface area contributed by atoms with Crippen molar-refractivity contribution in [2.75, 3.05) is 20.2 Å². The van der Waals surface area contributed by atoms with Crippen LogP contribution in [0.3, 0.4) is 0 Å². The maximum Gasteiger partial charge on any atom is 0.229 e. The van der Waals surface area contributed by atoms with E-state index in [1.54, 1.807) is 7.05 Å². The highest BCUT2D eigenvalue weighted by Gasteiger charge is 2.44. The van der Waals surface area contributed by atoms with Crippen molar-refractivity contribution < 1.29 is 40.1 Å². The van der Waals surface area contributed by atoms with E-state index in [1.165, 1.54) is 18.2 Å². The Morgan fingerprint density at radius 1 is 1.21 bits per heavy atom. The van der Waals surface area contributed by atoms with Crippen LogP contribution in [0.5, 0.6) is 11.5 Å². The topological polar surface area (TPSA) is 152 Å². The van der Waals surface area contributed by atoms with Crippen LogP contribution in [-0.4, -0.2) is 81.5 Å². The van der Waals surface area contributed by atoms with Crippen LogP contribution in [-0.2, 0) is 4.74 Å². The van der Waals surface area contributed by atoms with Crippen LogP contribution in [0, 0.1) is 0 Å². The summed E-state index contributed by atoms with van der Waals surface area (Å²) < 4.78 is 10.5. The van der Waals surface area contributed by atoms with Crippen LogP contribution in [0.4, 0.5) is 0 Å². The lowest BCUT2D eigenvalue weighted by Crippen LogP contribution is -2.60. The Morgan fingerprint density at radius 3 is 2.50 bits per heavy atom. The lowest BCUT2D eigenvalue weighted by molar-refractivity contribution is -0.277. The highest BCUT2D eigenvalue weighted by Crippen LogP contribution is 2.32. The standard InChI is InChI=1S/C15H23NO8/c1-16-5-9(19)7-2-3-10(8(18)4-7)23-15-14(22)13(21)12(20)11(6-17)24-15/h2-4,9,11-22H,5-6H2,1H3/t9-,11+,12+,13-,14+,15-/m0/s1. The normalized spacial score (nSPS) is 31.7. The van der Waals surface area contributed by atoms with Crippen molar-refractivity contribution in [3.05, 3.63) is 23.8 Å². The molecule has 0 aliphatic carbocycles. The summed E-state index contributed by atoms with van der Waals surface area (Å²) in [6.45, 7) is -0.279. The van der Waals surface area contributed by atoms with Crippen molar-refractivity contribution in [3.63, 3.8) is 0 Å². The van der Waals surface area contributed by atoms with Crippen LogP contribution >= 0.6 is 0 Å². The molecule has 0 bridgehead atoms. The van der Waals surface area contributed by atoms with Gasteiger partial charge in [-0.25, -0.2) is 0 Å². The van der Waals surface area contributed by atoms with Gasteiger partial charge in [-0.15, -0.1) is 0 Å². The number of likely N-dealkylation sites (N-methyl/N-ethyl adjacent to an activating group) is 1. The zero-order chi connectivity index (χ0) is 17.9. The van der Waals surface area contributed by atoms with Crippen molar-refractivity contribution in [1.82, 2.24) is 5.32 Å². The third-order valence-corrected chi connectivity index (χ3v) is 3.86. The molecule has 136 valence electrons. The number of aliphatic hydroxyl groups excluding tert-OH is 5. The molecule has 6 atom stereocenters. The first-order valence-electron chi connectivity index (χ1n) is 7.51. The maximum absolute atomic E-state index is 10.0. The first kappa shape index (κ1) is 18.9. The molecule has 1 heterocycles. The van der Waals surface area contributed by atoms with Crippen molar-refractivity contribution >= 4 is 0 Å². The monoisotopic (exact) mass is 345 g/mol. The van der Waals surface area contributed by atoms with Crippen LogP contribution in [0.2, 0.25) is 0 Å². The van der Waals surface area contributed by atoms with Gasteiger partial charge in [0.05, 0.1) is 12.7 Å². The van der Waals surface area contributed by atoms with Crippen LogP contribution < -0.4 is 10.1 Å². The van der Waals surface area contributed by atoms with Gasteiger partial charge >= 0.3 is 0 Å². The minimum Gasteiger partial charge on any atom is -0.504 e. The number of phenols is 1. The molecule has 2 rings (SSSR count). The van der Waals surface area contributed by atoms with Gasteiger partial charge in [0.15, 0.2) is 11.5 Å². The fourth-order valence-electron chi connectivity index (χ4n) is 2.44. The summed E-state index contributed by atoms with van der Waals surface area (Å²) in [5.41, 5.74) is 0.461. The summed E-state index contributed by atoms with van der Waals surface area (Å²) in [4.78, 5) is 0. The number of ether oxygens (including phenoxy) is 2. The second-order valence-electron chi connectivity index (χ2n) is 5.62. The molecule has 0 spiro atoms. The molecule has 0 amide bonds. The summed E-state index contributed by atoms with van der Waals surface area (Å²) in [6, 6.07) is 4.22. The van der Waals surface area contributed by atoms with Crippen molar-refractivity contribution in [3.8, 4) is 11.5 Å². The third-order valence-electron chi connectivity index (χ3n) is 3.86. The number of hydrogen-bond donors (Lipinski definition) is 7. The van der Waals surface area contributed by atoms with E-state index in [9.17, 15) is 25.5 Å². The van der Waals surface area contributed by atoms with Gasteiger partial charge in [-0.2, -0.15) is 0 Å². The van der Waals surface area contributed by atoms with Gasteiger partial charge in [0.25, 0.3) is 0 Å². The molecular formula is C15H23NO8. The molecule has 24 heavy (non-hydrogen) atoms. The number of nitrogens with one attached hydrogen (secondary N) is 1. The van der Waals surface area contributed by atoms with Gasteiger partial charge in [-0.3, -0.25) is 0 Å². The molecule has 9 nitrogen and oxygen atoms in total. The molecule has 0 aromatic heterocycles. The van der Waals surface area contributed by atoms with E-state index >= 15 is 0 Å². The quantitative estimate of drug-likeness (QED) is 0.305. The predicted molar refractivity (Wildman–Crippen MR) is 81.4 cm³/mol. The average molecular weight is 345 g/mol. The Hall–Kier alpha value is -1.46. The minimum absolute atomic E-state index is 0.0419.